The van der Waals surface area contributed by atoms with Gasteiger partial charge in [0.15, 0.2) is 5.69 Å². The maximum absolute atomic E-state index is 12.0. The van der Waals surface area contributed by atoms with E-state index in [9.17, 15) is 4.79 Å². The van der Waals surface area contributed by atoms with Gasteiger partial charge in [0.25, 0.3) is 5.91 Å². The minimum atomic E-state index is -0.238. The Hall–Kier alpha value is -1.43. The number of nitrogens with one attached hydrogen (secondary N) is 1. The SMILES string of the molecule is CCC1(C)CN(C(=O)c2cn[nH]n2)CCO1. The highest BCUT2D eigenvalue weighted by atomic mass is 16.5. The zero-order valence-electron chi connectivity index (χ0n) is 9.56. The molecule has 1 fully saturated rings. The lowest BCUT2D eigenvalue weighted by Gasteiger charge is -2.39. The second kappa shape index (κ2) is 4.21. The van der Waals surface area contributed by atoms with Crippen LogP contribution in [0.3, 0.4) is 0 Å². The minimum absolute atomic E-state index is 0.0864. The monoisotopic (exact) mass is 224 g/mol. The summed E-state index contributed by atoms with van der Waals surface area (Å²) in [6.45, 7) is 5.88. The third-order valence-corrected chi connectivity index (χ3v) is 3.01. The molecule has 1 N–H and O–H groups in total. The number of aromatic amines is 1. The van der Waals surface area contributed by atoms with Crippen molar-refractivity contribution in [2.24, 2.45) is 0 Å². The topological polar surface area (TPSA) is 71.1 Å². The van der Waals surface area contributed by atoms with Gasteiger partial charge in [-0.05, 0) is 13.3 Å². The summed E-state index contributed by atoms with van der Waals surface area (Å²) in [6, 6.07) is 0. The molecule has 0 bridgehead atoms. The summed E-state index contributed by atoms with van der Waals surface area (Å²) in [4.78, 5) is 13.8. The highest BCUT2D eigenvalue weighted by Crippen LogP contribution is 2.21. The third-order valence-electron chi connectivity index (χ3n) is 3.01. The molecule has 1 atom stereocenters. The lowest BCUT2D eigenvalue weighted by Crippen LogP contribution is -2.51. The van der Waals surface area contributed by atoms with Crippen LogP contribution in [0.1, 0.15) is 30.8 Å². The van der Waals surface area contributed by atoms with E-state index in [-0.39, 0.29) is 11.5 Å². The Balaban J connectivity index is 2.08. The van der Waals surface area contributed by atoms with E-state index in [4.69, 9.17) is 4.74 Å². The number of carbonyl (C=O) groups excluding carboxylic acids is 1. The molecule has 1 amide bonds. The second-order valence-corrected chi connectivity index (χ2v) is 4.23. The Morgan fingerprint density at radius 1 is 1.75 bits per heavy atom. The molecule has 1 saturated heterocycles. The van der Waals surface area contributed by atoms with Crippen LogP contribution >= 0.6 is 0 Å². The van der Waals surface area contributed by atoms with Gasteiger partial charge in [0.2, 0.25) is 0 Å². The van der Waals surface area contributed by atoms with E-state index in [1.165, 1.54) is 6.20 Å². The number of carbonyl (C=O) groups is 1. The first-order valence-corrected chi connectivity index (χ1v) is 5.43. The number of nitrogens with zero attached hydrogens (tertiary/aromatic N) is 3. The number of hydrogen-bond donors (Lipinski definition) is 1. The average Bonchev–Trinajstić information content (AvgIpc) is 2.82. The summed E-state index contributed by atoms with van der Waals surface area (Å²) >= 11 is 0. The highest BCUT2D eigenvalue weighted by Gasteiger charge is 2.33. The summed E-state index contributed by atoms with van der Waals surface area (Å²) in [7, 11) is 0. The molecular formula is C10H16N4O2. The van der Waals surface area contributed by atoms with Gasteiger partial charge in [-0.25, -0.2) is 0 Å². The normalized spacial score (nSPS) is 25.8. The van der Waals surface area contributed by atoms with Gasteiger partial charge in [-0.15, -0.1) is 0 Å². The molecular weight excluding hydrogens is 208 g/mol. The summed E-state index contributed by atoms with van der Waals surface area (Å²) in [5.41, 5.74) is 0.123. The largest absolute Gasteiger partial charge is 0.372 e. The van der Waals surface area contributed by atoms with Gasteiger partial charge in [0.1, 0.15) is 0 Å². The van der Waals surface area contributed by atoms with Crippen LogP contribution in [0.5, 0.6) is 0 Å². The van der Waals surface area contributed by atoms with Gasteiger partial charge >= 0.3 is 0 Å². The molecule has 1 aliphatic heterocycles. The number of hydrogen-bond acceptors (Lipinski definition) is 4. The number of rotatable bonds is 2. The molecule has 0 radical (unpaired) electrons. The van der Waals surface area contributed by atoms with Crippen LogP contribution in [0.2, 0.25) is 0 Å². The van der Waals surface area contributed by atoms with Crippen LogP contribution in [-0.2, 0) is 4.74 Å². The lowest BCUT2D eigenvalue weighted by atomic mass is 10.0. The highest BCUT2D eigenvalue weighted by molar-refractivity contribution is 5.92. The van der Waals surface area contributed by atoms with Crippen LogP contribution < -0.4 is 0 Å². The predicted octanol–water partition coefficient (Wildman–Crippen LogP) is 0.446. The first-order valence-electron chi connectivity index (χ1n) is 5.43. The van der Waals surface area contributed by atoms with Crippen molar-refractivity contribution in [1.29, 1.82) is 0 Å². The van der Waals surface area contributed by atoms with E-state index in [2.05, 4.69) is 22.3 Å². The van der Waals surface area contributed by atoms with E-state index < -0.39 is 0 Å². The van der Waals surface area contributed by atoms with Gasteiger partial charge in [-0.3, -0.25) is 4.79 Å². The molecule has 1 unspecified atom stereocenters. The fourth-order valence-corrected chi connectivity index (χ4v) is 1.78. The van der Waals surface area contributed by atoms with Gasteiger partial charge in [-0.1, -0.05) is 6.92 Å². The fraction of sp³-hybridized carbons (Fsp3) is 0.700. The summed E-state index contributed by atoms with van der Waals surface area (Å²) < 4.78 is 5.67. The molecule has 0 aromatic carbocycles. The van der Waals surface area contributed by atoms with Crippen LogP contribution in [0, 0.1) is 0 Å². The van der Waals surface area contributed by atoms with E-state index in [1.54, 1.807) is 4.90 Å². The fourth-order valence-electron chi connectivity index (χ4n) is 1.78. The van der Waals surface area contributed by atoms with Crippen molar-refractivity contribution >= 4 is 5.91 Å². The van der Waals surface area contributed by atoms with Crippen LogP contribution in [0.25, 0.3) is 0 Å². The maximum Gasteiger partial charge on any atom is 0.276 e. The maximum atomic E-state index is 12.0. The summed E-state index contributed by atoms with van der Waals surface area (Å²) in [5, 5.41) is 9.88. The van der Waals surface area contributed by atoms with E-state index in [0.29, 0.717) is 25.4 Å². The molecule has 88 valence electrons. The number of ether oxygens (including phenoxy) is 1. The third kappa shape index (κ3) is 2.06. The average molecular weight is 224 g/mol. The molecule has 0 spiro atoms. The standard InChI is InChI=1S/C10H16N4O2/c1-3-10(2)7-14(4-5-16-10)9(15)8-6-11-13-12-8/h6H,3-5,7H2,1-2H3,(H,11,12,13). The number of aromatic nitrogens is 3. The molecule has 6 heteroatoms. The van der Waals surface area contributed by atoms with Crippen LogP contribution in [-0.4, -0.2) is 51.5 Å². The number of morpholine rings is 1. The van der Waals surface area contributed by atoms with Crippen molar-refractivity contribution in [3.63, 3.8) is 0 Å². The van der Waals surface area contributed by atoms with E-state index in [1.807, 2.05) is 6.92 Å². The number of amides is 1. The molecule has 16 heavy (non-hydrogen) atoms. The van der Waals surface area contributed by atoms with Crippen molar-refractivity contribution in [2.45, 2.75) is 25.9 Å². The molecule has 6 nitrogen and oxygen atoms in total. The molecule has 1 aromatic heterocycles. The Morgan fingerprint density at radius 2 is 2.56 bits per heavy atom. The van der Waals surface area contributed by atoms with Crippen molar-refractivity contribution < 1.29 is 9.53 Å². The van der Waals surface area contributed by atoms with Crippen molar-refractivity contribution in [2.75, 3.05) is 19.7 Å². The first kappa shape index (κ1) is 11.1. The summed E-state index contributed by atoms with van der Waals surface area (Å²) in [6.07, 6.45) is 2.33. The van der Waals surface area contributed by atoms with Crippen molar-refractivity contribution in [3.8, 4) is 0 Å². The predicted molar refractivity (Wildman–Crippen MR) is 56.9 cm³/mol. The zero-order valence-corrected chi connectivity index (χ0v) is 9.56. The Bertz CT molecular complexity index is 365. The minimum Gasteiger partial charge on any atom is -0.372 e. The molecule has 2 rings (SSSR count). The Kier molecular flexibility index (Phi) is 2.91. The smallest absolute Gasteiger partial charge is 0.276 e. The van der Waals surface area contributed by atoms with Crippen molar-refractivity contribution in [3.05, 3.63) is 11.9 Å². The molecule has 2 heterocycles. The van der Waals surface area contributed by atoms with Crippen molar-refractivity contribution in [1.82, 2.24) is 20.3 Å². The second-order valence-electron chi connectivity index (χ2n) is 4.23. The Labute approximate surface area is 94.0 Å². The lowest BCUT2D eigenvalue weighted by molar-refractivity contribution is -0.0898. The molecule has 1 aliphatic rings. The van der Waals surface area contributed by atoms with Gasteiger partial charge in [0, 0.05) is 13.1 Å². The zero-order chi connectivity index (χ0) is 11.6. The van der Waals surface area contributed by atoms with E-state index >= 15 is 0 Å². The molecule has 0 aliphatic carbocycles. The molecule has 0 saturated carbocycles. The molecule has 1 aromatic rings. The van der Waals surface area contributed by atoms with Crippen LogP contribution in [0.15, 0.2) is 6.20 Å². The van der Waals surface area contributed by atoms with Gasteiger partial charge < -0.3 is 9.64 Å². The van der Waals surface area contributed by atoms with Gasteiger partial charge in [0.05, 0.1) is 18.4 Å². The van der Waals surface area contributed by atoms with Crippen LogP contribution in [0.4, 0.5) is 0 Å². The number of H-pyrrole nitrogens is 1. The summed E-state index contributed by atoms with van der Waals surface area (Å²) in [5.74, 6) is -0.0864. The quantitative estimate of drug-likeness (QED) is 0.791. The van der Waals surface area contributed by atoms with E-state index in [0.717, 1.165) is 6.42 Å². The van der Waals surface area contributed by atoms with Gasteiger partial charge in [-0.2, -0.15) is 15.4 Å². The Morgan fingerprint density at radius 3 is 3.19 bits per heavy atom. The first-order chi connectivity index (χ1) is 7.64.